The van der Waals surface area contributed by atoms with Crippen LogP contribution in [0.3, 0.4) is 0 Å². The molecule has 0 atom stereocenters. The van der Waals surface area contributed by atoms with Gasteiger partial charge >= 0.3 is 0 Å². The van der Waals surface area contributed by atoms with E-state index in [1.807, 2.05) is 29.2 Å². The third-order valence-corrected chi connectivity index (χ3v) is 8.64. The highest BCUT2D eigenvalue weighted by molar-refractivity contribution is 8.00. The zero-order chi connectivity index (χ0) is 19.8. The van der Waals surface area contributed by atoms with E-state index in [0.717, 1.165) is 54.1 Å². The van der Waals surface area contributed by atoms with Crippen molar-refractivity contribution in [2.45, 2.75) is 68.2 Å². The van der Waals surface area contributed by atoms with Crippen LogP contribution in [0.25, 0.3) is 0 Å². The molecule has 6 rings (SSSR count). The standard InChI is InChI=1S/C24H32N2O2S/c27-22(25-24-13-17-10-18(14-24)12-19(11-17)15-24)16-29-21-7-3-2-6-20(21)23(28)26-8-4-1-5-9-26/h2-3,6-7,17-19H,1,4-5,8-16H2,(H,25,27). The van der Waals surface area contributed by atoms with Crippen molar-refractivity contribution in [2.75, 3.05) is 18.8 Å². The summed E-state index contributed by atoms with van der Waals surface area (Å²) in [7, 11) is 0. The van der Waals surface area contributed by atoms with Crippen molar-refractivity contribution in [1.82, 2.24) is 10.2 Å². The van der Waals surface area contributed by atoms with Crippen LogP contribution in [0, 0.1) is 17.8 Å². The largest absolute Gasteiger partial charge is 0.350 e. The van der Waals surface area contributed by atoms with Gasteiger partial charge in [0.25, 0.3) is 5.91 Å². The first-order valence-electron chi connectivity index (χ1n) is 11.4. The van der Waals surface area contributed by atoms with Crippen molar-refractivity contribution in [3.05, 3.63) is 29.8 Å². The van der Waals surface area contributed by atoms with Crippen LogP contribution >= 0.6 is 11.8 Å². The molecule has 1 aromatic carbocycles. The lowest BCUT2D eigenvalue weighted by Gasteiger charge is -2.56. The van der Waals surface area contributed by atoms with Gasteiger partial charge in [-0.25, -0.2) is 0 Å². The predicted octanol–water partition coefficient (Wildman–Crippen LogP) is 4.49. The smallest absolute Gasteiger partial charge is 0.254 e. The number of thioether (sulfide) groups is 1. The Bertz CT molecular complexity index is 752. The molecule has 1 aliphatic heterocycles. The third kappa shape index (κ3) is 4.08. The van der Waals surface area contributed by atoms with Crippen LogP contribution in [0.15, 0.2) is 29.2 Å². The van der Waals surface area contributed by atoms with Gasteiger partial charge in [0.15, 0.2) is 0 Å². The number of benzene rings is 1. The Morgan fingerprint density at radius 3 is 2.24 bits per heavy atom. The Hall–Kier alpha value is -1.49. The van der Waals surface area contributed by atoms with Crippen molar-refractivity contribution in [3.8, 4) is 0 Å². The van der Waals surface area contributed by atoms with Gasteiger partial charge in [-0.3, -0.25) is 9.59 Å². The molecule has 0 unspecified atom stereocenters. The average Bonchev–Trinajstić information content (AvgIpc) is 2.71. The SMILES string of the molecule is O=C(CSc1ccccc1C(=O)N1CCCCC1)NC12CC3CC(CC(C3)C1)C2. The van der Waals surface area contributed by atoms with E-state index in [2.05, 4.69) is 5.32 Å². The molecular weight excluding hydrogens is 380 g/mol. The maximum atomic E-state index is 13.0. The fraction of sp³-hybridized carbons (Fsp3) is 0.667. The number of carbonyl (C=O) groups is 2. The normalized spacial score (nSPS) is 33.0. The molecule has 4 nitrogen and oxygen atoms in total. The summed E-state index contributed by atoms with van der Waals surface area (Å²) in [5.41, 5.74) is 0.817. The zero-order valence-electron chi connectivity index (χ0n) is 17.2. The number of amides is 2. The summed E-state index contributed by atoms with van der Waals surface area (Å²) < 4.78 is 0. The van der Waals surface area contributed by atoms with Gasteiger partial charge in [0.1, 0.15) is 0 Å². The van der Waals surface area contributed by atoms with E-state index in [9.17, 15) is 9.59 Å². The van der Waals surface area contributed by atoms with Gasteiger partial charge < -0.3 is 10.2 Å². The third-order valence-electron chi connectivity index (χ3n) is 7.56. The summed E-state index contributed by atoms with van der Waals surface area (Å²) >= 11 is 1.52. The van der Waals surface area contributed by atoms with Crippen LogP contribution in [-0.2, 0) is 4.79 Å². The van der Waals surface area contributed by atoms with Crippen LogP contribution in [0.2, 0.25) is 0 Å². The molecule has 5 fully saturated rings. The minimum absolute atomic E-state index is 0.0650. The monoisotopic (exact) mass is 412 g/mol. The molecule has 1 aromatic rings. The molecule has 1 heterocycles. The van der Waals surface area contributed by atoms with Gasteiger partial charge in [-0.2, -0.15) is 0 Å². The van der Waals surface area contributed by atoms with Crippen molar-refractivity contribution < 1.29 is 9.59 Å². The van der Waals surface area contributed by atoms with Gasteiger partial charge in [0.2, 0.25) is 5.91 Å². The van der Waals surface area contributed by atoms with E-state index < -0.39 is 0 Å². The zero-order valence-corrected chi connectivity index (χ0v) is 18.0. The number of hydrogen-bond donors (Lipinski definition) is 1. The van der Waals surface area contributed by atoms with Crippen LogP contribution in [-0.4, -0.2) is 41.1 Å². The molecule has 0 spiro atoms. The summed E-state index contributed by atoms with van der Waals surface area (Å²) in [6.45, 7) is 1.70. The maximum Gasteiger partial charge on any atom is 0.254 e. The van der Waals surface area contributed by atoms with Crippen molar-refractivity contribution >= 4 is 23.6 Å². The Labute approximate surface area is 178 Å². The molecule has 0 radical (unpaired) electrons. The number of carbonyl (C=O) groups excluding carboxylic acids is 2. The molecular formula is C24H32N2O2S. The molecule has 4 aliphatic carbocycles. The molecule has 1 saturated heterocycles. The second-order valence-corrected chi connectivity index (χ2v) is 10.9. The number of nitrogens with zero attached hydrogens (tertiary/aromatic N) is 1. The highest BCUT2D eigenvalue weighted by Crippen LogP contribution is 2.55. The summed E-state index contributed by atoms with van der Waals surface area (Å²) in [4.78, 5) is 28.7. The topological polar surface area (TPSA) is 49.4 Å². The molecule has 156 valence electrons. The molecule has 5 aliphatic rings. The number of rotatable bonds is 5. The summed E-state index contributed by atoms with van der Waals surface area (Å²) in [6.07, 6.45) is 11.1. The first-order chi connectivity index (χ1) is 14.1. The number of piperidine rings is 1. The lowest BCUT2D eigenvalue weighted by molar-refractivity contribution is -0.124. The lowest BCUT2D eigenvalue weighted by atomic mass is 9.53. The van der Waals surface area contributed by atoms with Crippen LogP contribution in [0.5, 0.6) is 0 Å². The summed E-state index contributed by atoms with van der Waals surface area (Å²) in [5, 5.41) is 3.45. The van der Waals surface area contributed by atoms with E-state index in [1.54, 1.807) is 0 Å². The molecule has 0 aromatic heterocycles. The number of likely N-dealkylation sites (tertiary alicyclic amines) is 1. The van der Waals surface area contributed by atoms with Gasteiger partial charge in [-0.05, 0) is 87.7 Å². The first-order valence-corrected chi connectivity index (χ1v) is 12.4. The van der Waals surface area contributed by atoms with Crippen LogP contribution in [0.1, 0.15) is 68.1 Å². The van der Waals surface area contributed by atoms with Crippen LogP contribution < -0.4 is 5.32 Å². The molecule has 29 heavy (non-hydrogen) atoms. The van der Waals surface area contributed by atoms with E-state index in [0.29, 0.717) is 5.75 Å². The van der Waals surface area contributed by atoms with E-state index in [4.69, 9.17) is 0 Å². The Balaban J connectivity index is 1.21. The number of nitrogens with one attached hydrogen (secondary N) is 1. The predicted molar refractivity (Wildman–Crippen MR) is 116 cm³/mol. The minimum atomic E-state index is 0.0650. The van der Waals surface area contributed by atoms with Gasteiger partial charge in [0, 0.05) is 23.5 Å². The van der Waals surface area contributed by atoms with E-state index in [1.165, 1.54) is 56.7 Å². The van der Waals surface area contributed by atoms with Crippen molar-refractivity contribution in [2.24, 2.45) is 17.8 Å². The molecule has 1 N–H and O–H groups in total. The Morgan fingerprint density at radius 2 is 1.59 bits per heavy atom. The van der Waals surface area contributed by atoms with Gasteiger partial charge in [-0.15, -0.1) is 11.8 Å². The van der Waals surface area contributed by atoms with Crippen LogP contribution in [0.4, 0.5) is 0 Å². The van der Waals surface area contributed by atoms with E-state index in [-0.39, 0.29) is 17.4 Å². The minimum Gasteiger partial charge on any atom is -0.350 e. The van der Waals surface area contributed by atoms with Crippen molar-refractivity contribution in [1.29, 1.82) is 0 Å². The van der Waals surface area contributed by atoms with Gasteiger partial charge in [0.05, 0.1) is 11.3 Å². The quantitative estimate of drug-likeness (QED) is 0.725. The first kappa shape index (κ1) is 19.5. The lowest BCUT2D eigenvalue weighted by Crippen LogP contribution is -2.60. The second-order valence-electron chi connectivity index (χ2n) is 9.88. The molecule has 4 bridgehead atoms. The van der Waals surface area contributed by atoms with E-state index >= 15 is 0 Å². The van der Waals surface area contributed by atoms with Gasteiger partial charge in [-0.1, -0.05) is 12.1 Å². The molecule has 5 heteroatoms. The summed E-state index contributed by atoms with van der Waals surface area (Å²) in [5.74, 6) is 3.14. The highest BCUT2D eigenvalue weighted by atomic mass is 32.2. The fourth-order valence-electron chi connectivity index (χ4n) is 6.78. The Kier molecular flexibility index (Phi) is 5.35. The maximum absolute atomic E-state index is 13.0. The summed E-state index contributed by atoms with van der Waals surface area (Å²) in [6, 6.07) is 7.79. The highest BCUT2D eigenvalue weighted by Gasteiger charge is 2.51. The Morgan fingerprint density at radius 1 is 0.966 bits per heavy atom. The molecule has 2 amide bonds. The average molecular weight is 413 g/mol. The second kappa shape index (κ2) is 7.98. The van der Waals surface area contributed by atoms with Crippen molar-refractivity contribution in [3.63, 3.8) is 0 Å². The fourth-order valence-corrected chi connectivity index (χ4v) is 7.62. The number of hydrogen-bond acceptors (Lipinski definition) is 3. The molecule has 4 saturated carbocycles.